The smallest absolute Gasteiger partial charge is 0.224 e. The highest BCUT2D eigenvalue weighted by molar-refractivity contribution is 5.91. The molecule has 8 heteroatoms. The predicted octanol–water partition coefficient (Wildman–Crippen LogP) is 4.64. The Hall–Kier alpha value is -4.07. The second-order valence-electron chi connectivity index (χ2n) is 7.37. The predicted molar refractivity (Wildman–Crippen MR) is 122 cm³/mol. The van der Waals surface area contributed by atoms with Crippen LogP contribution >= 0.6 is 0 Å². The number of rotatable bonds is 9. The fourth-order valence-corrected chi connectivity index (χ4v) is 3.42. The molecule has 0 aliphatic rings. The Morgan fingerprint density at radius 2 is 1.85 bits per heavy atom. The number of ether oxygens (including phenoxy) is 3. The van der Waals surface area contributed by atoms with Crippen LogP contribution in [0.5, 0.6) is 17.2 Å². The van der Waals surface area contributed by atoms with Gasteiger partial charge in [0.05, 0.1) is 19.9 Å². The SMILES string of the molecule is COc1ccc(CCC(=O)Nc2ccc(OC)c(OCc3cn4ccccc4n3)c2)cc1F. The molecule has 7 nitrogen and oxygen atoms in total. The molecule has 2 aromatic carbocycles. The first-order valence-corrected chi connectivity index (χ1v) is 10.4. The summed E-state index contributed by atoms with van der Waals surface area (Å²) < 4.78 is 32.0. The number of aromatic nitrogens is 2. The molecule has 0 saturated heterocycles. The number of hydrogen-bond acceptors (Lipinski definition) is 5. The lowest BCUT2D eigenvalue weighted by molar-refractivity contribution is -0.116. The molecular formula is C25H24FN3O4. The molecule has 0 atom stereocenters. The van der Waals surface area contributed by atoms with Gasteiger partial charge in [-0.15, -0.1) is 0 Å². The third-order valence-corrected chi connectivity index (χ3v) is 5.09. The lowest BCUT2D eigenvalue weighted by Gasteiger charge is -2.12. The number of halogens is 1. The molecule has 170 valence electrons. The molecule has 4 rings (SSSR count). The van der Waals surface area contributed by atoms with E-state index in [-0.39, 0.29) is 24.7 Å². The summed E-state index contributed by atoms with van der Waals surface area (Å²) in [6.07, 6.45) is 4.42. The minimum Gasteiger partial charge on any atom is -0.494 e. The molecule has 4 aromatic rings. The Morgan fingerprint density at radius 3 is 2.61 bits per heavy atom. The molecule has 0 radical (unpaired) electrons. The number of methoxy groups -OCH3 is 2. The summed E-state index contributed by atoms with van der Waals surface area (Å²) in [7, 11) is 2.97. The summed E-state index contributed by atoms with van der Waals surface area (Å²) in [6.45, 7) is 0.248. The first kappa shape index (κ1) is 22.1. The molecule has 0 unspecified atom stereocenters. The van der Waals surface area contributed by atoms with Crippen molar-refractivity contribution in [3.63, 3.8) is 0 Å². The van der Waals surface area contributed by atoms with E-state index in [0.29, 0.717) is 23.6 Å². The number of fused-ring (bicyclic) bond motifs is 1. The van der Waals surface area contributed by atoms with E-state index in [9.17, 15) is 9.18 Å². The Kier molecular flexibility index (Phi) is 6.73. The van der Waals surface area contributed by atoms with Crippen LogP contribution in [0.2, 0.25) is 0 Å². The largest absolute Gasteiger partial charge is 0.494 e. The van der Waals surface area contributed by atoms with E-state index in [4.69, 9.17) is 14.2 Å². The van der Waals surface area contributed by atoms with Crippen molar-refractivity contribution < 1.29 is 23.4 Å². The van der Waals surface area contributed by atoms with Crippen molar-refractivity contribution in [3.8, 4) is 17.2 Å². The van der Waals surface area contributed by atoms with Crippen LogP contribution in [-0.4, -0.2) is 29.5 Å². The van der Waals surface area contributed by atoms with Crippen molar-refractivity contribution in [1.29, 1.82) is 0 Å². The zero-order valence-corrected chi connectivity index (χ0v) is 18.4. The van der Waals surface area contributed by atoms with E-state index in [1.54, 1.807) is 37.4 Å². The molecule has 0 bridgehead atoms. The number of hydrogen-bond donors (Lipinski definition) is 1. The number of imidazole rings is 1. The van der Waals surface area contributed by atoms with Crippen molar-refractivity contribution in [3.05, 3.63) is 84.1 Å². The fourth-order valence-electron chi connectivity index (χ4n) is 3.42. The van der Waals surface area contributed by atoms with Gasteiger partial charge in [0, 0.05) is 30.6 Å². The average molecular weight is 449 g/mol. The topological polar surface area (TPSA) is 74.1 Å². The van der Waals surface area contributed by atoms with Gasteiger partial charge in [-0.2, -0.15) is 0 Å². The molecule has 0 saturated carbocycles. The molecule has 2 heterocycles. The van der Waals surface area contributed by atoms with Crippen LogP contribution in [0.4, 0.5) is 10.1 Å². The standard InChI is InChI=1S/C25H24FN3O4/c1-31-21-9-6-17(13-20(21)26)7-11-25(30)28-18-8-10-22(32-2)23(14-18)33-16-19-15-29-12-4-3-5-24(29)27-19/h3-6,8-10,12-15H,7,11,16H2,1-2H3,(H,28,30). The van der Waals surface area contributed by atoms with Crippen molar-refractivity contribution in [2.75, 3.05) is 19.5 Å². The van der Waals surface area contributed by atoms with Gasteiger partial charge in [-0.3, -0.25) is 4.79 Å². The quantitative estimate of drug-likeness (QED) is 0.403. The lowest BCUT2D eigenvalue weighted by Crippen LogP contribution is -2.12. The maximum atomic E-state index is 13.8. The second kappa shape index (κ2) is 10.0. The monoisotopic (exact) mass is 449 g/mol. The maximum absolute atomic E-state index is 13.8. The summed E-state index contributed by atoms with van der Waals surface area (Å²) in [4.78, 5) is 16.9. The fraction of sp³-hybridized carbons (Fsp3) is 0.200. The van der Waals surface area contributed by atoms with Gasteiger partial charge in [0.15, 0.2) is 23.1 Å². The highest BCUT2D eigenvalue weighted by atomic mass is 19.1. The van der Waals surface area contributed by atoms with Gasteiger partial charge < -0.3 is 23.9 Å². The Bertz CT molecular complexity index is 1240. The van der Waals surface area contributed by atoms with Crippen molar-refractivity contribution in [1.82, 2.24) is 9.38 Å². The number of nitrogens with zero attached hydrogens (tertiary/aromatic N) is 2. The first-order chi connectivity index (χ1) is 16.1. The summed E-state index contributed by atoms with van der Waals surface area (Å²) in [5, 5.41) is 2.85. The molecule has 0 fully saturated rings. The van der Waals surface area contributed by atoms with Gasteiger partial charge in [-0.1, -0.05) is 12.1 Å². The molecule has 1 N–H and O–H groups in total. The third kappa shape index (κ3) is 5.41. The number of benzene rings is 2. The van der Waals surface area contributed by atoms with Crippen LogP contribution in [0.1, 0.15) is 17.7 Å². The van der Waals surface area contributed by atoms with Crippen LogP contribution in [0.3, 0.4) is 0 Å². The van der Waals surface area contributed by atoms with Gasteiger partial charge in [-0.05, 0) is 48.4 Å². The normalized spacial score (nSPS) is 10.8. The number of anilines is 1. The molecule has 2 aromatic heterocycles. The van der Waals surface area contributed by atoms with Gasteiger partial charge in [0.2, 0.25) is 5.91 Å². The van der Waals surface area contributed by atoms with Gasteiger partial charge >= 0.3 is 0 Å². The Labute approximate surface area is 190 Å². The minimum absolute atomic E-state index is 0.178. The lowest BCUT2D eigenvalue weighted by atomic mass is 10.1. The number of amides is 1. The summed E-state index contributed by atoms with van der Waals surface area (Å²) in [5.74, 6) is 0.577. The van der Waals surface area contributed by atoms with Crippen LogP contribution < -0.4 is 19.5 Å². The van der Waals surface area contributed by atoms with Gasteiger partial charge in [0.1, 0.15) is 12.3 Å². The molecule has 0 aliphatic carbocycles. The number of aryl methyl sites for hydroxylation is 1. The summed E-state index contributed by atoms with van der Waals surface area (Å²) in [5.41, 5.74) is 2.90. The van der Waals surface area contributed by atoms with Crippen molar-refractivity contribution >= 4 is 17.2 Å². The average Bonchev–Trinajstić information content (AvgIpc) is 3.25. The Balaban J connectivity index is 1.38. The number of pyridine rings is 1. The molecule has 0 spiro atoms. The molecule has 0 aliphatic heterocycles. The maximum Gasteiger partial charge on any atom is 0.224 e. The number of carbonyl (C=O) groups is 1. The number of carbonyl (C=O) groups excluding carboxylic acids is 1. The molecular weight excluding hydrogens is 425 g/mol. The van der Waals surface area contributed by atoms with Crippen molar-refractivity contribution in [2.45, 2.75) is 19.4 Å². The molecule has 33 heavy (non-hydrogen) atoms. The Morgan fingerprint density at radius 1 is 1.03 bits per heavy atom. The first-order valence-electron chi connectivity index (χ1n) is 10.4. The van der Waals surface area contributed by atoms with Crippen LogP contribution in [0.25, 0.3) is 5.65 Å². The van der Waals surface area contributed by atoms with Crippen molar-refractivity contribution in [2.24, 2.45) is 0 Å². The third-order valence-electron chi connectivity index (χ3n) is 5.09. The summed E-state index contributed by atoms with van der Waals surface area (Å²) >= 11 is 0. The van der Waals surface area contributed by atoms with E-state index in [1.807, 2.05) is 35.0 Å². The van der Waals surface area contributed by atoms with Crippen LogP contribution in [0.15, 0.2) is 67.0 Å². The summed E-state index contributed by atoms with van der Waals surface area (Å²) in [6, 6.07) is 15.6. The van der Waals surface area contributed by atoms with E-state index in [2.05, 4.69) is 10.3 Å². The van der Waals surface area contributed by atoms with E-state index < -0.39 is 5.82 Å². The van der Waals surface area contributed by atoms with E-state index in [1.165, 1.54) is 13.2 Å². The van der Waals surface area contributed by atoms with Crippen LogP contribution in [-0.2, 0) is 17.8 Å². The highest BCUT2D eigenvalue weighted by Gasteiger charge is 2.11. The zero-order valence-electron chi connectivity index (χ0n) is 18.4. The molecule has 1 amide bonds. The van der Waals surface area contributed by atoms with Gasteiger partial charge in [-0.25, -0.2) is 9.37 Å². The highest BCUT2D eigenvalue weighted by Crippen LogP contribution is 2.31. The zero-order chi connectivity index (χ0) is 23.2. The van der Waals surface area contributed by atoms with Gasteiger partial charge in [0.25, 0.3) is 0 Å². The van der Waals surface area contributed by atoms with E-state index in [0.717, 1.165) is 16.9 Å². The minimum atomic E-state index is -0.446. The van der Waals surface area contributed by atoms with E-state index >= 15 is 0 Å². The second-order valence-corrected chi connectivity index (χ2v) is 7.37. The van der Waals surface area contributed by atoms with Crippen LogP contribution in [0, 0.1) is 5.82 Å². The number of nitrogens with one attached hydrogen (secondary N) is 1.